The van der Waals surface area contributed by atoms with Crippen LogP contribution in [0.25, 0.3) is 11.0 Å². The van der Waals surface area contributed by atoms with Gasteiger partial charge in [0.2, 0.25) is 0 Å². The van der Waals surface area contributed by atoms with Crippen LogP contribution in [0.2, 0.25) is 0 Å². The highest BCUT2D eigenvalue weighted by Crippen LogP contribution is 2.35. The molecular formula is C16H17NO3. The Morgan fingerprint density at radius 1 is 1.35 bits per heavy atom. The summed E-state index contributed by atoms with van der Waals surface area (Å²) in [6.45, 7) is 2.04. The highest BCUT2D eigenvalue weighted by molar-refractivity contribution is 5.93. The minimum atomic E-state index is -0.229. The quantitative estimate of drug-likeness (QED) is 0.862. The highest BCUT2D eigenvalue weighted by atomic mass is 16.3. The molecule has 0 N–H and O–H groups in total. The van der Waals surface area contributed by atoms with E-state index in [1.165, 1.54) is 18.9 Å². The minimum absolute atomic E-state index is 0.115. The monoisotopic (exact) mass is 271 g/mol. The number of carbonyl (C=O) groups excluding carboxylic acids is 1. The Morgan fingerprint density at radius 2 is 2.05 bits per heavy atom. The third-order valence-corrected chi connectivity index (χ3v) is 4.08. The third-order valence-electron chi connectivity index (χ3n) is 4.08. The molecule has 1 aliphatic rings. The third kappa shape index (κ3) is 2.22. The van der Waals surface area contributed by atoms with Gasteiger partial charge >= 0.3 is 0 Å². The van der Waals surface area contributed by atoms with E-state index in [-0.39, 0.29) is 23.1 Å². The average molecular weight is 271 g/mol. The van der Waals surface area contributed by atoms with E-state index in [0.29, 0.717) is 16.9 Å². The van der Waals surface area contributed by atoms with E-state index in [1.807, 2.05) is 6.92 Å². The van der Waals surface area contributed by atoms with Crippen LogP contribution in [0.5, 0.6) is 0 Å². The van der Waals surface area contributed by atoms with Gasteiger partial charge in [-0.1, -0.05) is 12.1 Å². The number of hydrogen-bond donors (Lipinski definition) is 0. The summed E-state index contributed by atoms with van der Waals surface area (Å²) in [5.41, 5.74) is 0.276. The molecule has 2 aromatic rings. The number of amides is 1. The van der Waals surface area contributed by atoms with E-state index in [0.717, 1.165) is 0 Å². The van der Waals surface area contributed by atoms with Gasteiger partial charge in [0, 0.05) is 19.2 Å². The van der Waals surface area contributed by atoms with Crippen molar-refractivity contribution in [1.82, 2.24) is 4.90 Å². The molecule has 1 saturated carbocycles. The van der Waals surface area contributed by atoms with Gasteiger partial charge in [0.15, 0.2) is 11.2 Å². The topological polar surface area (TPSA) is 50.5 Å². The lowest BCUT2D eigenvalue weighted by Gasteiger charge is -2.24. The van der Waals surface area contributed by atoms with Gasteiger partial charge in [-0.3, -0.25) is 9.59 Å². The lowest BCUT2D eigenvalue weighted by Crippen LogP contribution is -2.36. The Balaban J connectivity index is 1.97. The van der Waals surface area contributed by atoms with Gasteiger partial charge in [0.05, 0.1) is 5.39 Å². The number of carbonyl (C=O) groups is 1. The van der Waals surface area contributed by atoms with Crippen LogP contribution < -0.4 is 5.43 Å². The van der Waals surface area contributed by atoms with Crippen molar-refractivity contribution in [2.75, 3.05) is 7.05 Å². The maximum Gasteiger partial charge on any atom is 0.289 e. The van der Waals surface area contributed by atoms with E-state index in [4.69, 9.17) is 4.42 Å². The van der Waals surface area contributed by atoms with Crippen molar-refractivity contribution in [3.63, 3.8) is 0 Å². The lowest BCUT2D eigenvalue weighted by molar-refractivity contribution is 0.0695. The van der Waals surface area contributed by atoms with E-state index in [9.17, 15) is 9.59 Å². The van der Waals surface area contributed by atoms with Gasteiger partial charge in [0.1, 0.15) is 5.58 Å². The molecule has 1 amide bonds. The van der Waals surface area contributed by atoms with Gasteiger partial charge in [-0.25, -0.2) is 0 Å². The Hall–Kier alpha value is -2.10. The summed E-state index contributed by atoms with van der Waals surface area (Å²) in [6.07, 6.45) is 2.33. The van der Waals surface area contributed by atoms with Crippen LogP contribution in [0.15, 0.2) is 39.5 Å². The fourth-order valence-corrected chi connectivity index (χ4v) is 2.46. The zero-order valence-electron chi connectivity index (χ0n) is 11.6. The van der Waals surface area contributed by atoms with E-state index >= 15 is 0 Å². The number of nitrogens with zero attached hydrogens (tertiary/aromatic N) is 1. The van der Waals surface area contributed by atoms with Crippen LogP contribution in [0.1, 0.15) is 30.3 Å². The normalized spacial score (nSPS) is 16.1. The molecule has 1 aromatic heterocycles. The average Bonchev–Trinajstić information content (AvgIpc) is 3.29. The van der Waals surface area contributed by atoms with Crippen molar-refractivity contribution >= 4 is 16.9 Å². The zero-order valence-corrected chi connectivity index (χ0v) is 11.6. The molecule has 4 heteroatoms. The summed E-state index contributed by atoms with van der Waals surface area (Å²) in [4.78, 5) is 26.1. The fraction of sp³-hybridized carbons (Fsp3) is 0.375. The highest BCUT2D eigenvalue weighted by Gasteiger charge is 2.33. The Labute approximate surface area is 117 Å². The summed E-state index contributed by atoms with van der Waals surface area (Å²) in [6, 6.07) is 8.45. The molecule has 1 heterocycles. The van der Waals surface area contributed by atoms with Crippen LogP contribution in [0, 0.1) is 5.92 Å². The molecule has 1 unspecified atom stereocenters. The van der Waals surface area contributed by atoms with Crippen LogP contribution in [0.4, 0.5) is 0 Å². The molecule has 3 rings (SSSR count). The van der Waals surface area contributed by atoms with Crippen LogP contribution in [-0.4, -0.2) is 23.9 Å². The first-order valence-corrected chi connectivity index (χ1v) is 6.88. The van der Waals surface area contributed by atoms with Gasteiger partial charge in [-0.15, -0.1) is 0 Å². The molecule has 0 saturated heterocycles. The van der Waals surface area contributed by atoms with E-state index < -0.39 is 0 Å². The van der Waals surface area contributed by atoms with Crippen LogP contribution in [-0.2, 0) is 0 Å². The van der Waals surface area contributed by atoms with Crippen LogP contribution in [0.3, 0.4) is 0 Å². The first kappa shape index (κ1) is 12.9. The standard InChI is InChI=1S/C16H17NO3/c1-10(11-7-8-11)17(2)16(19)15-9-13(18)12-5-3-4-6-14(12)20-15/h3-6,9-11H,7-8H2,1-2H3. The minimum Gasteiger partial charge on any atom is -0.451 e. The van der Waals surface area contributed by atoms with Gasteiger partial charge < -0.3 is 9.32 Å². The summed E-state index contributed by atoms with van der Waals surface area (Å²) in [5, 5.41) is 0.502. The van der Waals surface area contributed by atoms with Crippen molar-refractivity contribution in [2.24, 2.45) is 5.92 Å². The maximum absolute atomic E-state index is 12.4. The first-order chi connectivity index (χ1) is 9.58. The maximum atomic E-state index is 12.4. The van der Waals surface area contributed by atoms with E-state index in [2.05, 4.69) is 0 Å². The predicted octanol–water partition coefficient (Wildman–Crippen LogP) is 2.66. The number of hydrogen-bond acceptors (Lipinski definition) is 3. The SMILES string of the molecule is CC(C1CC1)N(C)C(=O)c1cc(=O)c2ccccc2o1. The summed E-state index contributed by atoms with van der Waals surface area (Å²) >= 11 is 0. The molecule has 4 nitrogen and oxygen atoms in total. The van der Waals surface area contributed by atoms with Gasteiger partial charge in [-0.2, -0.15) is 0 Å². The first-order valence-electron chi connectivity index (χ1n) is 6.88. The number of benzene rings is 1. The smallest absolute Gasteiger partial charge is 0.289 e. The molecule has 104 valence electrons. The predicted molar refractivity (Wildman–Crippen MR) is 76.8 cm³/mol. The van der Waals surface area contributed by atoms with Crippen molar-refractivity contribution in [3.8, 4) is 0 Å². The molecule has 1 atom stereocenters. The Bertz CT molecular complexity index is 715. The largest absolute Gasteiger partial charge is 0.451 e. The summed E-state index contributed by atoms with van der Waals surface area (Å²) in [7, 11) is 1.76. The number of fused-ring (bicyclic) bond motifs is 1. The van der Waals surface area contributed by atoms with E-state index in [1.54, 1.807) is 36.2 Å². The second kappa shape index (κ2) is 4.78. The van der Waals surface area contributed by atoms with Crippen molar-refractivity contribution in [3.05, 3.63) is 46.3 Å². The molecule has 1 aliphatic carbocycles. The van der Waals surface area contributed by atoms with Crippen LogP contribution >= 0.6 is 0 Å². The number of rotatable bonds is 3. The molecule has 20 heavy (non-hydrogen) atoms. The van der Waals surface area contributed by atoms with Gasteiger partial charge in [0.25, 0.3) is 5.91 Å². The van der Waals surface area contributed by atoms with Crippen molar-refractivity contribution < 1.29 is 9.21 Å². The van der Waals surface area contributed by atoms with Gasteiger partial charge in [-0.05, 0) is 37.8 Å². The van der Waals surface area contributed by atoms with Crippen molar-refractivity contribution in [1.29, 1.82) is 0 Å². The van der Waals surface area contributed by atoms with Crippen molar-refractivity contribution in [2.45, 2.75) is 25.8 Å². The molecule has 0 spiro atoms. The summed E-state index contributed by atoms with van der Waals surface area (Å²) < 4.78 is 5.58. The lowest BCUT2D eigenvalue weighted by atomic mass is 10.1. The molecule has 1 aromatic carbocycles. The Morgan fingerprint density at radius 3 is 2.75 bits per heavy atom. The molecular weight excluding hydrogens is 254 g/mol. The summed E-state index contributed by atoms with van der Waals surface area (Å²) in [5.74, 6) is 0.465. The second-order valence-corrected chi connectivity index (χ2v) is 5.47. The molecule has 0 bridgehead atoms. The zero-order chi connectivity index (χ0) is 14.3. The fourth-order valence-electron chi connectivity index (χ4n) is 2.46. The molecule has 0 radical (unpaired) electrons. The molecule has 1 fully saturated rings. The molecule has 0 aliphatic heterocycles. The second-order valence-electron chi connectivity index (χ2n) is 5.47. The Kier molecular flexibility index (Phi) is 3.08. The number of para-hydroxylation sites is 1.